The largest absolute Gasteiger partial charge is 0.355 e. The first-order valence-electron chi connectivity index (χ1n) is 9.66. The number of hydrogen-bond acceptors (Lipinski definition) is 3. The second-order valence-corrected chi connectivity index (χ2v) is 8.04. The van der Waals surface area contributed by atoms with Gasteiger partial charge in [-0.15, -0.1) is 11.8 Å². The number of rotatable bonds is 9. The van der Waals surface area contributed by atoms with Gasteiger partial charge in [0.05, 0.1) is 5.75 Å². The Labute approximate surface area is 172 Å². The molecule has 0 saturated carbocycles. The first-order valence-corrected chi connectivity index (χ1v) is 10.8. The summed E-state index contributed by atoms with van der Waals surface area (Å²) in [5, 5.41) is 2.82. The fourth-order valence-corrected chi connectivity index (χ4v) is 3.69. The lowest BCUT2D eigenvalue weighted by Crippen LogP contribution is -2.48. The average Bonchev–Trinajstić information content (AvgIpc) is 2.68. The van der Waals surface area contributed by atoms with Crippen molar-refractivity contribution in [1.29, 1.82) is 0 Å². The highest BCUT2D eigenvalue weighted by Crippen LogP contribution is 2.16. The van der Waals surface area contributed by atoms with Crippen LogP contribution in [0.2, 0.25) is 0 Å². The molecule has 0 saturated heterocycles. The Balaban J connectivity index is 2.03. The van der Waals surface area contributed by atoms with Gasteiger partial charge in [-0.25, -0.2) is 0 Å². The van der Waals surface area contributed by atoms with E-state index in [0.29, 0.717) is 18.8 Å². The zero-order chi connectivity index (χ0) is 20.5. The Morgan fingerprint density at radius 2 is 1.50 bits per heavy atom. The molecule has 2 rings (SSSR count). The third-order valence-corrected chi connectivity index (χ3v) is 5.60. The van der Waals surface area contributed by atoms with E-state index in [1.54, 1.807) is 23.6 Å². The maximum atomic E-state index is 12.9. The molecule has 0 aliphatic rings. The minimum atomic E-state index is -0.506. The van der Waals surface area contributed by atoms with Gasteiger partial charge in [-0.3, -0.25) is 9.59 Å². The summed E-state index contributed by atoms with van der Waals surface area (Å²) in [5.74, 6) is 0.992. The summed E-state index contributed by atoms with van der Waals surface area (Å²) in [5.41, 5.74) is 4.63. The molecule has 0 bridgehead atoms. The van der Waals surface area contributed by atoms with Crippen LogP contribution >= 0.6 is 11.8 Å². The molecule has 0 radical (unpaired) electrons. The lowest BCUT2D eigenvalue weighted by Gasteiger charge is -2.28. The molecule has 0 spiro atoms. The van der Waals surface area contributed by atoms with Crippen LogP contribution in [0, 0.1) is 13.8 Å². The highest BCUT2D eigenvalue weighted by atomic mass is 32.2. The molecule has 0 aliphatic heterocycles. The Kier molecular flexibility index (Phi) is 8.58. The van der Waals surface area contributed by atoms with Crippen LogP contribution in [-0.4, -0.2) is 35.1 Å². The van der Waals surface area contributed by atoms with Crippen LogP contribution in [0.3, 0.4) is 0 Å². The number of thioether (sulfide) groups is 1. The van der Waals surface area contributed by atoms with Crippen LogP contribution in [0.25, 0.3) is 0 Å². The van der Waals surface area contributed by atoms with Crippen molar-refractivity contribution in [2.24, 2.45) is 0 Å². The summed E-state index contributed by atoms with van der Waals surface area (Å²) < 4.78 is 0. The van der Waals surface area contributed by atoms with Gasteiger partial charge in [0, 0.05) is 18.8 Å². The Morgan fingerprint density at radius 1 is 0.964 bits per heavy atom. The third kappa shape index (κ3) is 6.71. The number of nitrogens with one attached hydrogen (secondary N) is 1. The topological polar surface area (TPSA) is 49.4 Å². The van der Waals surface area contributed by atoms with Crippen molar-refractivity contribution < 1.29 is 9.59 Å². The molecule has 1 atom stereocenters. The number of carbonyl (C=O) groups excluding carboxylic acids is 2. The highest BCUT2D eigenvalue weighted by Gasteiger charge is 2.25. The molecule has 0 aliphatic carbocycles. The normalized spacial score (nSPS) is 11.7. The fourth-order valence-electron chi connectivity index (χ4n) is 2.82. The van der Waals surface area contributed by atoms with Crippen molar-refractivity contribution in [2.45, 2.75) is 46.0 Å². The quantitative estimate of drug-likeness (QED) is 0.692. The molecule has 4 nitrogen and oxygen atoms in total. The monoisotopic (exact) mass is 398 g/mol. The SMILES string of the molecule is CCNC(=O)[C@@H](C)N(Cc1ccc(C)cc1)C(=O)CSCc1ccc(C)cc1. The summed E-state index contributed by atoms with van der Waals surface area (Å²) in [6.45, 7) is 8.76. The number of benzene rings is 2. The van der Waals surface area contributed by atoms with E-state index in [4.69, 9.17) is 0 Å². The van der Waals surface area contributed by atoms with E-state index in [1.807, 2.05) is 38.1 Å². The van der Waals surface area contributed by atoms with Gasteiger partial charge in [-0.2, -0.15) is 0 Å². The first kappa shape index (κ1) is 22.0. The van der Waals surface area contributed by atoms with E-state index in [2.05, 4.69) is 36.5 Å². The fraction of sp³-hybridized carbons (Fsp3) is 0.391. The maximum absolute atomic E-state index is 12.9. The predicted octanol–water partition coefficient (Wildman–Crippen LogP) is 4.09. The van der Waals surface area contributed by atoms with Crippen molar-refractivity contribution in [3.05, 3.63) is 70.8 Å². The first-order chi connectivity index (χ1) is 13.4. The van der Waals surface area contributed by atoms with Gasteiger partial charge in [0.1, 0.15) is 6.04 Å². The zero-order valence-electron chi connectivity index (χ0n) is 17.2. The lowest BCUT2D eigenvalue weighted by atomic mass is 10.1. The van der Waals surface area contributed by atoms with Gasteiger partial charge in [-0.1, -0.05) is 59.7 Å². The molecule has 0 fully saturated rings. The van der Waals surface area contributed by atoms with Crippen molar-refractivity contribution in [2.75, 3.05) is 12.3 Å². The van der Waals surface area contributed by atoms with Crippen molar-refractivity contribution in [3.8, 4) is 0 Å². The van der Waals surface area contributed by atoms with Crippen LogP contribution in [0.4, 0.5) is 0 Å². The molecule has 28 heavy (non-hydrogen) atoms. The minimum absolute atomic E-state index is 0.0172. The van der Waals surface area contributed by atoms with Gasteiger partial charge in [-0.05, 0) is 38.8 Å². The Morgan fingerprint density at radius 3 is 2.04 bits per heavy atom. The van der Waals surface area contributed by atoms with Gasteiger partial charge in [0.25, 0.3) is 0 Å². The van der Waals surface area contributed by atoms with Gasteiger partial charge >= 0.3 is 0 Å². The van der Waals surface area contributed by atoms with Crippen molar-refractivity contribution in [1.82, 2.24) is 10.2 Å². The van der Waals surface area contributed by atoms with Crippen molar-refractivity contribution in [3.63, 3.8) is 0 Å². The third-order valence-electron chi connectivity index (χ3n) is 4.61. The molecule has 0 heterocycles. The molecule has 2 amide bonds. The number of likely N-dealkylation sites (N-methyl/N-ethyl adjacent to an activating group) is 1. The van der Waals surface area contributed by atoms with Crippen LogP contribution in [0.15, 0.2) is 48.5 Å². The summed E-state index contributed by atoms with van der Waals surface area (Å²) in [6.07, 6.45) is 0. The molecule has 1 N–H and O–H groups in total. The Bertz CT molecular complexity index is 772. The smallest absolute Gasteiger partial charge is 0.242 e. The number of hydrogen-bond donors (Lipinski definition) is 1. The summed E-state index contributed by atoms with van der Waals surface area (Å²) >= 11 is 1.58. The molecule has 0 aromatic heterocycles. The molecule has 2 aromatic carbocycles. The van der Waals surface area contributed by atoms with E-state index >= 15 is 0 Å². The van der Waals surface area contributed by atoms with Crippen LogP contribution < -0.4 is 5.32 Å². The number of carbonyl (C=O) groups is 2. The number of nitrogens with zero attached hydrogens (tertiary/aromatic N) is 1. The number of amides is 2. The average molecular weight is 399 g/mol. The second kappa shape index (κ2) is 10.9. The van der Waals surface area contributed by atoms with Crippen molar-refractivity contribution >= 4 is 23.6 Å². The summed E-state index contributed by atoms with van der Waals surface area (Å²) in [7, 11) is 0. The zero-order valence-corrected chi connectivity index (χ0v) is 18.0. The number of aryl methyl sites for hydroxylation is 2. The van der Waals surface area contributed by atoms with E-state index in [-0.39, 0.29) is 11.8 Å². The van der Waals surface area contributed by atoms with E-state index in [1.165, 1.54) is 16.7 Å². The standard InChI is InChI=1S/C23H30N2O2S/c1-5-24-23(27)19(4)25(14-20-10-6-17(2)7-11-20)22(26)16-28-15-21-12-8-18(3)9-13-21/h6-13,19H,5,14-16H2,1-4H3,(H,24,27)/t19-/m1/s1. The van der Waals surface area contributed by atoms with Gasteiger partial charge in [0.15, 0.2) is 0 Å². The molecule has 2 aromatic rings. The van der Waals surface area contributed by atoms with Gasteiger partial charge < -0.3 is 10.2 Å². The van der Waals surface area contributed by atoms with Crippen LogP contribution in [0.5, 0.6) is 0 Å². The predicted molar refractivity (Wildman–Crippen MR) is 117 cm³/mol. The van der Waals surface area contributed by atoms with E-state index in [0.717, 1.165) is 11.3 Å². The minimum Gasteiger partial charge on any atom is -0.355 e. The van der Waals surface area contributed by atoms with Crippen LogP contribution in [0.1, 0.15) is 36.1 Å². The summed E-state index contributed by atoms with van der Waals surface area (Å²) in [4.78, 5) is 27.0. The van der Waals surface area contributed by atoms with Gasteiger partial charge in [0.2, 0.25) is 11.8 Å². The molecule has 5 heteroatoms. The molecular formula is C23H30N2O2S. The molecule has 150 valence electrons. The Hall–Kier alpha value is -2.27. The highest BCUT2D eigenvalue weighted by molar-refractivity contribution is 7.99. The van der Waals surface area contributed by atoms with Crippen LogP contribution in [-0.2, 0) is 21.9 Å². The van der Waals surface area contributed by atoms with E-state index in [9.17, 15) is 9.59 Å². The molecule has 0 unspecified atom stereocenters. The lowest BCUT2D eigenvalue weighted by molar-refractivity contribution is -0.138. The molecular weight excluding hydrogens is 368 g/mol. The van der Waals surface area contributed by atoms with E-state index < -0.39 is 6.04 Å². The maximum Gasteiger partial charge on any atom is 0.242 e. The second-order valence-electron chi connectivity index (χ2n) is 7.06. The summed E-state index contributed by atoms with van der Waals surface area (Å²) in [6, 6.07) is 15.9.